The average Bonchev–Trinajstić information content (AvgIpc) is 2.26. The lowest BCUT2D eigenvalue weighted by molar-refractivity contribution is -0.120. The third kappa shape index (κ3) is 3.91. The molecule has 0 aliphatic rings. The highest BCUT2D eigenvalue weighted by Gasteiger charge is 2.09. The Morgan fingerprint density at radius 3 is 2.76 bits per heavy atom. The number of aryl methyl sites for hydroxylation is 1. The fraction of sp³-hybridized carbons (Fsp3) is 0.417. The molecule has 0 saturated carbocycles. The fourth-order valence-corrected chi connectivity index (χ4v) is 1.93. The molecule has 94 valence electrons. The molecule has 1 amide bonds. The minimum Gasteiger partial charge on any atom is -0.496 e. The summed E-state index contributed by atoms with van der Waals surface area (Å²) >= 11 is 5.97. The molecule has 0 saturated heterocycles. The first-order valence-electron chi connectivity index (χ1n) is 5.32. The maximum absolute atomic E-state index is 11.3. The van der Waals surface area contributed by atoms with Crippen LogP contribution in [-0.4, -0.2) is 26.6 Å². The molecule has 17 heavy (non-hydrogen) atoms. The number of nitrogens with one attached hydrogen (secondary N) is 2. The second kappa shape index (κ2) is 6.47. The molecule has 0 aliphatic heterocycles. The highest BCUT2D eigenvalue weighted by molar-refractivity contribution is 6.30. The molecule has 0 bridgehead atoms. The maximum Gasteiger partial charge on any atom is 0.234 e. The molecule has 0 heterocycles. The van der Waals surface area contributed by atoms with Crippen LogP contribution < -0.4 is 15.4 Å². The number of ether oxygens (including phenoxy) is 1. The van der Waals surface area contributed by atoms with Crippen molar-refractivity contribution in [2.75, 3.05) is 20.7 Å². The van der Waals surface area contributed by atoms with Crippen molar-refractivity contribution in [2.24, 2.45) is 0 Å². The van der Waals surface area contributed by atoms with E-state index in [2.05, 4.69) is 10.6 Å². The standard InChI is InChI=1S/C12H17ClN2O2/c1-8-4-10(13)5-9(12(8)17-3)6-15-11(16)7-14-2/h4-5,14H,6-7H2,1-3H3,(H,15,16). The van der Waals surface area contributed by atoms with E-state index >= 15 is 0 Å². The minimum atomic E-state index is -0.0628. The van der Waals surface area contributed by atoms with Gasteiger partial charge in [0.25, 0.3) is 0 Å². The summed E-state index contributed by atoms with van der Waals surface area (Å²) in [6, 6.07) is 3.63. The molecule has 1 rings (SSSR count). The largest absolute Gasteiger partial charge is 0.496 e. The van der Waals surface area contributed by atoms with Crippen LogP contribution in [0.25, 0.3) is 0 Å². The summed E-state index contributed by atoms with van der Waals surface area (Å²) in [7, 11) is 3.33. The van der Waals surface area contributed by atoms with Crippen LogP contribution in [0.15, 0.2) is 12.1 Å². The van der Waals surface area contributed by atoms with E-state index in [9.17, 15) is 4.79 Å². The predicted octanol–water partition coefficient (Wildman–Crippen LogP) is 1.49. The van der Waals surface area contributed by atoms with Crippen molar-refractivity contribution in [1.29, 1.82) is 0 Å². The number of benzene rings is 1. The molecule has 5 heteroatoms. The number of rotatable bonds is 5. The van der Waals surface area contributed by atoms with E-state index in [0.29, 0.717) is 18.1 Å². The first kappa shape index (κ1) is 13.8. The van der Waals surface area contributed by atoms with Crippen molar-refractivity contribution in [3.8, 4) is 5.75 Å². The SMILES string of the molecule is CNCC(=O)NCc1cc(Cl)cc(C)c1OC. The summed E-state index contributed by atoms with van der Waals surface area (Å²) in [5.74, 6) is 0.700. The fourth-order valence-electron chi connectivity index (χ4n) is 1.64. The van der Waals surface area contributed by atoms with Gasteiger partial charge in [0.05, 0.1) is 13.7 Å². The van der Waals surface area contributed by atoms with Crippen LogP contribution in [0, 0.1) is 6.92 Å². The Morgan fingerprint density at radius 1 is 1.47 bits per heavy atom. The van der Waals surface area contributed by atoms with Gasteiger partial charge in [0.1, 0.15) is 5.75 Å². The van der Waals surface area contributed by atoms with Gasteiger partial charge < -0.3 is 15.4 Å². The molecule has 0 unspecified atom stereocenters. The van der Waals surface area contributed by atoms with Gasteiger partial charge in [-0.3, -0.25) is 4.79 Å². The Kier molecular flexibility index (Phi) is 5.25. The van der Waals surface area contributed by atoms with Crippen LogP contribution in [0.2, 0.25) is 5.02 Å². The van der Waals surface area contributed by atoms with Crippen LogP contribution >= 0.6 is 11.6 Å². The number of carbonyl (C=O) groups excluding carboxylic acids is 1. The van der Waals surface area contributed by atoms with E-state index < -0.39 is 0 Å². The van der Waals surface area contributed by atoms with E-state index in [4.69, 9.17) is 16.3 Å². The molecule has 2 N–H and O–H groups in total. The Hall–Kier alpha value is -1.26. The van der Waals surface area contributed by atoms with Gasteiger partial charge in [-0.15, -0.1) is 0 Å². The van der Waals surface area contributed by atoms with E-state index in [1.807, 2.05) is 13.0 Å². The third-order valence-corrected chi connectivity index (χ3v) is 2.55. The Morgan fingerprint density at radius 2 is 2.18 bits per heavy atom. The summed E-state index contributed by atoms with van der Waals surface area (Å²) in [6.07, 6.45) is 0. The number of hydrogen-bond donors (Lipinski definition) is 2. The van der Waals surface area contributed by atoms with Crippen molar-refractivity contribution < 1.29 is 9.53 Å². The van der Waals surface area contributed by atoms with Crippen LogP contribution in [0.4, 0.5) is 0 Å². The zero-order valence-corrected chi connectivity index (χ0v) is 11.0. The zero-order chi connectivity index (χ0) is 12.8. The number of methoxy groups -OCH3 is 1. The number of hydrogen-bond acceptors (Lipinski definition) is 3. The third-order valence-electron chi connectivity index (χ3n) is 2.33. The topological polar surface area (TPSA) is 50.4 Å². The molecule has 1 aromatic carbocycles. The van der Waals surface area contributed by atoms with Gasteiger partial charge in [0, 0.05) is 17.1 Å². The zero-order valence-electron chi connectivity index (χ0n) is 10.3. The highest BCUT2D eigenvalue weighted by Crippen LogP contribution is 2.27. The minimum absolute atomic E-state index is 0.0628. The Balaban J connectivity index is 2.79. The molecule has 0 radical (unpaired) electrons. The number of carbonyl (C=O) groups is 1. The second-order valence-electron chi connectivity index (χ2n) is 3.72. The van der Waals surface area contributed by atoms with Crippen LogP contribution in [0.3, 0.4) is 0 Å². The lowest BCUT2D eigenvalue weighted by Gasteiger charge is -2.13. The summed E-state index contributed by atoms with van der Waals surface area (Å²) in [5.41, 5.74) is 1.83. The number of halogens is 1. The van der Waals surface area contributed by atoms with E-state index in [1.165, 1.54) is 0 Å². The molecular formula is C12H17ClN2O2. The summed E-state index contributed by atoms with van der Waals surface area (Å²) in [5, 5.41) is 6.21. The molecule has 4 nitrogen and oxygen atoms in total. The van der Waals surface area contributed by atoms with Crippen molar-refractivity contribution in [3.05, 3.63) is 28.3 Å². The molecule has 0 aromatic heterocycles. The quantitative estimate of drug-likeness (QED) is 0.839. The van der Waals surface area contributed by atoms with Crippen molar-refractivity contribution in [2.45, 2.75) is 13.5 Å². The van der Waals surface area contributed by atoms with Crippen LogP contribution in [0.5, 0.6) is 5.75 Å². The Labute approximate surface area is 106 Å². The van der Waals surface area contributed by atoms with E-state index in [-0.39, 0.29) is 5.91 Å². The van der Waals surface area contributed by atoms with Gasteiger partial charge in [-0.1, -0.05) is 11.6 Å². The first-order valence-corrected chi connectivity index (χ1v) is 5.70. The smallest absolute Gasteiger partial charge is 0.234 e. The van der Waals surface area contributed by atoms with Crippen molar-refractivity contribution >= 4 is 17.5 Å². The molecule has 0 aliphatic carbocycles. The normalized spacial score (nSPS) is 10.1. The molecule has 0 fully saturated rings. The average molecular weight is 257 g/mol. The Bertz CT molecular complexity index is 408. The van der Waals surface area contributed by atoms with Gasteiger partial charge in [0.2, 0.25) is 5.91 Å². The second-order valence-corrected chi connectivity index (χ2v) is 4.16. The summed E-state index contributed by atoms with van der Waals surface area (Å²) < 4.78 is 5.30. The lowest BCUT2D eigenvalue weighted by atomic mass is 10.1. The predicted molar refractivity (Wildman–Crippen MR) is 68.5 cm³/mol. The number of likely N-dealkylation sites (N-methyl/N-ethyl adjacent to an activating group) is 1. The van der Waals surface area contributed by atoms with E-state index in [1.54, 1.807) is 20.2 Å². The molecular weight excluding hydrogens is 240 g/mol. The summed E-state index contributed by atoms with van der Waals surface area (Å²) in [4.78, 5) is 11.3. The highest BCUT2D eigenvalue weighted by atomic mass is 35.5. The maximum atomic E-state index is 11.3. The van der Waals surface area contributed by atoms with Crippen LogP contribution in [0.1, 0.15) is 11.1 Å². The van der Waals surface area contributed by atoms with Crippen molar-refractivity contribution in [1.82, 2.24) is 10.6 Å². The molecule has 0 atom stereocenters. The molecule has 1 aromatic rings. The van der Waals surface area contributed by atoms with Crippen molar-refractivity contribution in [3.63, 3.8) is 0 Å². The first-order chi connectivity index (χ1) is 8.08. The van der Waals surface area contributed by atoms with E-state index in [0.717, 1.165) is 16.9 Å². The van der Waals surface area contributed by atoms with Crippen LogP contribution in [-0.2, 0) is 11.3 Å². The van der Waals surface area contributed by atoms with Gasteiger partial charge >= 0.3 is 0 Å². The summed E-state index contributed by atoms with van der Waals surface area (Å²) in [6.45, 7) is 2.62. The number of amides is 1. The lowest BCUT2D eigenvalue weighted by Crippen LogP contribution is -2.31. The van der Waals surface area contributed by atoms with Gasteiger partial charge in [-0.05, 0) is 31.7 Å². The van der Waals surface area contributed by atoms with Gasteiger partial charge in [0.15, 0.2) is 0 Å². The van der Waals surface area contributed by atoms with Gasteiger partial charge in [-0.25, -0.2) is 0 Å². The monoisotopic (exact) mass is 256 g/mol. The molecule has 0 spiro atoms. The van der Waals surface area contributed by atoms with Gasteiger partial charge in [-0.2, -0.15) is 0 Å².